The van der Waals surface area contributed by atoms with Gasteiger partial charge in [-0.15, -0.1) is 0 Å². The van der Waals surface area contributed by atoms with Crippen molar-refractivity contribution < 1.29 is 17.9 Å². The maximum absolute atomic E-state index is 13.0. The highest BCUT2D eigenvalue weighted by atomic mass is 32.2. The molecule has 162 valence electrons. The summed E-state index contributed by atoms with van der Waals surface area (Å²) in [6, 6.07) is 12.3. The molecule has 1 aliphatic rings. The molecule has 1 amide bonds. The molecule has 0 saturated carbocycles. The van der Waals surface area contributed by atoms with E-state index in [0.29, 0.717) is 18.8 Å². The van der Waals surface area contributed by atoms with E-state index in [9.17, 15) is 13.2 Å². The van der Waals surface area contributed by atoms with Gasteiger partial charge in [-0.3, -0.25) is 4.79 Å². The second-order valence-electron chi connectivity index (χ2n) is 7.62. The summed E-state index contributed by atoms with van der Waals surface area (Å²) in [5.41, 5.74) is 2.43. The van der Waals surface area contributed by atoms with Crippen LogP contribution in [0.5, 0.6) is 5.75 Å². The third-order valence-electron chi connectivity index (χ3n) is 5.60. The number of sulfonamides is 1. The Morgan fingerprint density at radius 2 is 1.77 bits per heavy atom. The van der Waals surface area contributed by atoms with E-state index in [4.69, 9.17) is 4.74 Å². The Morgan fingerprint density at radius 1 is 1.10 bits per heavy atom. The number of hydrogen-bond acceptors (Lipinski definition) is 4. The summed E-state index contributed by atoms with van der Waals surface area (Å²) in [5, 5.41) is 2.96. The van der Waals surface area contributed by atoms with Gasteiger partial charge in [0, 0.05) is 13.1 Å². The number of hydrogen-bond donors (Lipinski definition) is 1. The molecule has 1 aliphatic heterocycles. The molecule has 30 heavy (non-hydrogen) atoms. The fourth-order valence-electron chi connectivity index (χ4n) is 3.68. The van der Waals surface area contributed by atoms with Crippen LogP contribution in [0.3, 0.4) is 0 Å². The molecule has 0 radical (unpaired) electrons. The van der Waals surface area contributed by atoms with Crippen molar-refractivity contribution in [1.29, 1.82) is 0 Å². The molecule has 1 unspecified atom stereocenters. The van der Waals surface area contributed by atoms with Gasteiger partial charge in [0.2, 0.25) is 10.0 Å². The topological polar surface area (TPSA) is 75.7 Å². The Morgan fingerprint density at radius 3 is 2.37 bits per heavy atom. The zero-order chi connectivity index (χ0) is 21.7. The van der Waals surface area contributed by atoms with Gasteiger partial charge in [0.05, 0.1) is 23.6 Å². The van der Waals surface area contributed by atoms with Crippen molar-refractivity contribution in [3.63, 3.8) is 0 Å². The van der Waals surface area contributed by atoms with Crippen LogP contribution < -0.4 is 10.1 Å². The van der Waals surface area contributed by atoms with Crippen LogP contribution in [0.4, 0.5) is 0 Å². The van der Waals surface area contributed by atoms with Crippen molar-refractivity contribution in [2.75, 3.05) is 20.2 Å². The molecular weight excluding hydrogens is 400 g/mol. The first-order chi connectivity index (χ1) is 14.4. The van der Waals surface area contributed by atoms with Crippen LogP contribution in [0.25, 0.3) is 0 Å². The van der Waals surface area contributed by atoms with Gasteiger partial charge in [0.15, 0.2) is 0 Å². The highest BCUT2D eigenvalue weighted by molar-refractivity contribution is 7.89. The molecule has 0 aromatic heterocycles. The lowest BCUT2D eigenvalue weighted by Gasteiger charge is -2.26. The number of benzene rings is 2. The van der Waals surface area contributed by atoms with Crippen LogP contribution in [-0.2, 0) is 16.4 Å². The molecule has 1 N–H and O–H groups in total. The number of carbonyl (C=O) groups excluding carboxylic acids is 1. The Labute approximate surface area is 179 Å². The van der Waals surface area contributed by atoms with Crippen LogP contribution in [0.2, 0.25) is 0 Å². The number of rotatable bonds is 7. The van der Waals surface area contributed by atoms with Gasteiger partial charge in [0.25, 0.3) is 5.91 Å². The van der Waals surface area contributed by atoms with Gasteiger partial charge in [-0.25, -0.2) is 8.42 Å². The van der Waals surface area contributed by atoms with E-state index < -0.39 is 10.0 Å². The summed E-state index contributed by atoms with van der Waals surface area (Å²) in [4.78, 5) is 13.1. The Hall–Kier alpha value is -2.38. The minimum Gasteiger partial charge on any atom is -0.496 e. The number of methoxy groups -OCH3 is 1. The van der Waals surface area contributed by atoms with Crippen LogP contribution in [0, 0.1) is 0 Å². The number of ether oxygens (including phenoxy) is 1. The molecule has 0 aliphatic carbocycles. The van der Waals surface area contributed by atoms with Crippen LogP contribution >= 0.6 is 0 Å². The predicted octanol–water partition coefficient (Wildman–Crippen LogP) is 3.92. The first kappa shape index (κ1) is 22.3. The molecule has 1 saturated heterocycles. The monoisotopic (exact) mass is 430 g/mol. The molecular formula is C23H30N2O4S. The lowest BCUT2D eigenvalue weighted by atomic mass is 10.0. The summed E-state index contributed by atoms with van der Waals surface area (Å²) in [5.74, 6) is -0.0202. The highest BCUT2D eigenvalue weighted by Crippen LogP contribution is 2.27. The lowest BCUT2D eigenvalue weighted by Crippen LogP contribution is -2.35. The first-order valence-electron chi connectivity index (χ1n) is 10.4. The number of carbonyl (C=O) groups is 1. The fraction of sp³-hybridized carbons (Fsp3) is 0.435. The molecule has 1 fully saturated rings. The molecule has 0 spiro atoms. The summed E-state index contributed by atoms with van der Waals surface area (Å²) < 4.78 is 32.9. The maximum atomic E-state index is 13.0. The molecule has 1 atom stereocenters. The van der Waals surface area contributed by atoms with Crippen molar-refractivity contribution in [3.8, 4) is 5.75 Å². The van der Waals surface area contributed by atoms with E-state index in [1.165, 1.54) is 29.1 Å². The number of piperidine rings is 1. The summed E-state index contributed by atoms with van der Waals surface area (Å²) in [6.07, 6.45) is 3.71. The second-order valence-corrected chi connectivity index (χ2v) is 9.56. The Kier molecular flexibility index (Phi) is 7.15. The third kappa shape index (κ3) is 4.84. The summed E-state index contributed by atoms with van der Waals surface area (Å²) in [7, 11) is -2.16. The largest absolute Gasteiger partial charge is 0.496 e. The number of amides is 1. The zero-order valence-corrected chi connectivity index (χ0v) is 18.7. The van der Waals surface area contributed by atoms with Gasteiger partial charge in [0.1, 0.15) is 5.75 Å². The SMILES string of the molecule is CCc1ccc(C(C)NC(=O)c2cc(S(=O)(=O)N3CCCCC3)ccc2OC)cc1. The fourth-order valence-corrected chi connectivity index (χ4v) is 5.22. The van der Waals surface area contributed by atoms with Crippen molar-refractivity contribution in [3.05, 3.63) is 59.2 Å². The van der Waals surface area contributed by atoms with E-state index in [-0.39, 0.29) is 22.4 Å². The number of nitrogens with zero attached hydrogens (tertiary/aromatic N) is 1. The van der Waals surface area contributed by atoms with Gasteiger partial charge >= 0.3 is 0 Å². The van der Waals surface area contributed by atoms with Crippen molar-refractivity contribution in [2.24, 2.45) is 0 Å². The quantitative estimate of drug-likeness (QED) is 0.722. The van der Waals surface area contributed by atoms with Gasteiger partial charge in [-0.05, 0) is 55.5 Å². The lowest BCUT2D eigenvalue weighted by molar-refractivity contribution is 0.0936. The number of aryl methyl sites for hydroxylation is 1. The average Bonchev–Trinajstić information content (AvgIpc) is 2.79. The van der Waals surface area contributed by atoms with Crippen LogP contribution in [0.1, 0.15) is 60.6 Å². The minimum absolute atomic E-state index is 0.121. The Balaban J connectivity index is 1.84. The van der Waals surface area contributed by atoms with Gasteiger partial charge in [-0.2, -0.15) is 4.31 Å². The molecule has 3 rings (SSSR count). The van der Waals surface area contributed by atoms with Crippen LogP contribution in [0.15, 0.2) is 47.4 Å². The number of nitrogens with one attached hydrogen (secondary N) is 1. The van der Waals surface area contributed by atoms with E-state index in [2.05, 4.69) is 12.2 Å². The molecule has 0 bridgehead atoms. The maximum Gasteiger partial charge on any atom is 0.255 e. The molecule has 2 aromatic carbocycles. The first-order valence-corrected chi connectivity index (χ1v) is 11.9. The predicted molar refractivity (Wildman–Crippen MR) is 117 cm³/mol. The second kappa shape index (κ2) is 9.62. The average molecular weight is 431 g/mol. The van der Waals surface area contributed by atoms with E-state index >= 15 is 0 Å². The van der Waals surface area contributed by atoms with E-state index in [1.54, 1.807) is 6.07 Å². The summed E-state index contributed by atoms with van der Waals surface area (Å²) in [6.45, 7) is 5.03. The van der Waals surface area contributed by atoms with Crippen molar-refractivity contribution >= 4 is 15.9 Å². The standard InChI is InChI=1S/C23H30N2O4S/c1-4-18-8-10-19(11-9-18)17(2)24-23(26)21-16-20(12-13-22(21)29-3)30(27,28)25-14-6-5-7-15-25/h8-13,16-17H,4-7,14-15H2,1-3H3,(H,24,26). The molecule has 2 aromatic rings. The summed E-state index contributed by atoms with van der Waals surface area (Å²) >= 11 is 0. The van der Waals surface area contributed by atoms with Crippen LogP contribution in [-0.4, -0.2) is 38.8 Å². The highest BCUT2D eigenvalue weighted by Gasteiger charge is 2.28. The zero-order valence-electron chi connectivity index (χ0n) is 17.8. The van der Waals surface area contributed by atoms with Gasteiger partial charge in [-0.1, -0.05) is 37.6 Å². The third-order valence-corrected chi connectivity index (χ3v) is 7.50. The Bertz CT molecular complexity index is 981. The van der Waals surface area contributed by atoms with E-state index in [1.807, 2.05) is 31.2 Å². The molecule has 1 heterocycles. The smallest absolute Gasteiger partial charge is 0.255 e. The van der Waals surface area contributed by atoms with Crippen molar-refractivity contribution in [1.82, 2.24) is 9.62 Å². The van der Waals surface area contributed by atoms with Crippen molar-refractivity contribution in [2.45, 2.75) is 50.5 Å². The van der Waals surface area contributed by atoms with Gasteiger partial charge < -0.3 is 10.1 Å². The normalized spacial score (nSPS) is 16.1. The minimum atomic E-state index is -3.63. The molecule has 6 nitrogen and oxygen atoms in total. The van der Waals surface area contributed by atoms with E-state index in [0.717, 1.165) is 31.2 Å². The molecule has 7 heteroatoms.